The minimum atomic E-state index is -0.0867. The van der Waals surface area contributed by atoms with E-state index in [0.29, 0.717) is 16.3 Å². The van der Waals surface area contributed by atoms with E-state index in [0.717, 1.165) is 3.57 Å². The third-order valence-electron chi connectivity index (χ3n) is 2.31. The number of benzene rings is 2. The summed E-state index contributed by atoms with van der Waals surface area (Å²) < 4.78 is 6.52. The lowest BCUT2D eigenvalue weighted by Gasteiger charge is -2.06. The fourth-order valence-electron chi connectivity index (χ4n) is 1.45. The number of carbonyl (C=O) groups excluding carboxylic acids is 1. The Kier molecular flexibility index (Phi) is 4.60. The summed E-state index contributed by atoms with van der Waals surface area (Å²) in [5.41, 5.74) is 0.563. The molecule has 0 saturated heterocycles. The number of hydrogen-bond donors (Lipinski definition) is 0. The third-order valence-corrected chi connectivity index (χ3v) is 3.22. The molecule has 4 heteroatoms. The average Bonchev–Trinajstić information content (AvgIpc) is 2.36. The summed E-state index contributed by atoms with van der Waals surface area (Å²) in [6.45, 7) is 0.0143. The Hall–Kier alpha value is -1.07. The Morgan fingerprint density at radius 3 is 2.67 bits per heavy atom. The van der Waals surface area contributed by atoms with Crippen LogP contribution in [0.25, 0.3) is 0 Å². The summed E-state index contributed by atoms with van der Waals surface area (Å²) in [5, 5.41) is 0.551. The van der Waals surface area contributed by atoms with E-state index in [4.69, 9.17) is 16.3 Å². The van der Waals surface area contributed by atoms with Crippen LogP contribution < -0.4 is 4.74 Å². The van der Waals surface area contributed by atoms with E-state index in [1.165, 1.54) is 0 Å². The molecule has 0 bridgehead atoms. The van der Waals surface area contributed by atoms with Crippen molar-refractivity contribution in [2.45, 2.75) is 0 Å². The summed E-state index contributed by atoms with van der Waals surface area (Å²) in [4.78, 5) is 11.9. The summed E-state index contributed by atoms with van der Waals surface area (Å²) >= 11 is 8.03. The number of hydrogen-bond acceptors (Lipinski definition) is 2. The molecule has 0 saturated carbocycles. The molecule has 0 amide bonds. The quantitative estimate of drug-likeness (QED) is 0.594. The second-order valence-corrected chi connectivity index (χ2v) is 5.36. The first kappa shape index (κ1) is 13.4. The van der Waals surface area contributed by atoms with Crippen molar-refractivity contribution in [3.8, 4) is 5.75 Å². The second-order valence-electron chi connectivity index (χ2n) is 3.68. The molecule has 0 spiro atoms. The molecule has 0 aliphatic heterocycles. The van der Waals surface area contributed by atoms with Crippen LogP contribution in [0.2, 0.25) is 5.02 Å². The monoisotopic (exact) mass is 372 g/mol. The zero-order valence-electron chi connectivity index (χ0n) is 9.40. The van der Waals surface area contributed by atoms with Gasteiger partial charge in [-0.05, 0) is 52.9 Å². The normalized spacial score (nSPS) is 10.1. The zero-order chi connectivity index (χ0) is 13.0. The van der Waals surface area contributed by atoms with E-state index in [1.54, 1.807) is 24.3 Å². The van der Waals surface area contributed by atoms with Crippen LogP contribution in [0.3, 0.4) is 0 Å². The van der Waals surface area contributed by atoms with E-state index >= 15 is 0 Å². The topological polar surface area (TPSA) is 26.3 Å². The van der Waals surface area contributed by atoms with Crippen molar-refractivity contribution >= 4 is 40.0 Å². The van der Waals surface area contributed by atoms with Crippen molar-refractivity contribution in [2.24, 2.45) is 0 Å². The van der Waals surface area contributed by atoms with Gasteiger partial charge in [0.2, 0.25) is 0 Å². The molecule has 2 rings (SSSR count). The fourth-order valence-corrected chi connectivity index (χ4v) is 2.16. The van der Waals surface area contributed by atoms with Crippen LogP contribution >= 0.6 is 34.2 Å². The Labute approximate surface area is 124 Å². The molecule has 0 aromatic heterocycles. The molecule has 2 aromatic carbocycles. The highest BCUT2D eigenvalue weighted by Crippen LogP contribution is 2.16. The highest BCUT2D eigenvalue weighted by molar-refractivity contribution is 14.1. The van der Waals surface area contributed by atoms with Crippen LogP contribution in [0, 0.1) is 3.57 Å². The van der Waals surface area contributed by atoms with Gasteiger partial charge >= 0.3 is 0 Å². The van der Waals surface area contributed by atoms with Crippen LogP contribution in [-0.4, -0.2) is 12.4 Å². The van der Waals surface area contributed by atoms with Crippen molar-refractivity contribution < 1.29 is 9.53 Å². The Morgan fingerprint density at radius 2 is 1.94 bits per heavy atom. The van der Waals surface area contributed by atoms with Gasteiger partial charge in [0.05, 0.1) is 0 Å². The van der Waals surface area contributed by atoms with Crippen LogP contribution in [-0.2, 0) is 0 Å². The van der Waals surface area contributed by atoms with Gasteiger partial charge < -0.3 is 4.74 Å². The number of carbonyl (C=O) groups is 1. The van der Waals surface area contributed by atoms with Crippen LogP contribution in [0.5, 0.6) is 5.75 Å². The molecule has 0 atom stereocenters. The summed E-state index contributed by atoms with van der Waals surface area (Å²) in [6.07, 6.45) is 0. The predicted molar refractivity (Wildman–Crippen MR) is 80.4 cm³/mol. The van der Waals surface area contributed by atoms with Gasteiger partial charge in [-0.1, -0.05) is 29.8 Å². The molecule has 0 unspecified atom stereocenters. The Balaban J connectivity index is 2.00. The molecular formula is C14H10ClIO2. The Bertz CT molecular complexity index is 569. The van der Waals surface area contributed by atoms with Crippen LogP contribution in [0.1, 0.15) is 10.4 Å². The summed E-state index contributed by atoms with van der Waals surface area (Å²) in [5.74, 6) is 0.605. The number of ether oxygens (including phenoxy) is 1. The summed E-state index contributed by atoms with van der Waals surface area (Å²) in [7, 11) is 0. The highest BCUT2D eigenvalue weighted by Gasteiger charge is 2.07. The molecule has 0 aliphatic carbocycles. The molecule has 0 fully saturated rings. The van der Waals surface area contributed by atoms with Gasteiger partial charge in [0.1, 0.15) is 5.75 Å². The lowest BCUT2D eigenvalue weighted by atomic mass is 10.1. The number of Topliss-reactive ketones (excluding diaryl/α,β-unsaturated/α-hetero) is 1. The van der Waals surface area contributed by atoms with Gasteiger partial charge in [0.15, 0.2) is 12.4 Å². The smallest absolute Gasteiger partial charge is 0.200 e. The predicted octanol–water partition coefficient (Wildman–Crippen LogP) is 4.21. The van der Waals surface area contributed by atoms with E-state index in [-0.39, 0.29) is 12.4 Å². The average molecular weight is 373 g/mol. The lowest BCUT2D eigenvalue weighted by Crippen LogP contribution is -2.11. The molecule has 0 N–H and O–H groups in total. The molecule has 0 aliphatic rings. The molecule has 0 heterocycles. The van der Waals surface area contributed by atoms with Crippen molar-refractivity contribution in [1.82, 2.24) is 0 Å². The summed E-state index contributed by atoms with van der Waals surface area (Å²) in [6, 6.07) is 14.4. The first-order chi connectivity index (χ1) is 8.65. The van der Waals surface area contributed by atoms with Gasteiger partial charge in [-0.15, -0.1) is 0 Å². The zero-order valence-corrected chi connectivity index (χ0v) is 12.3. The minimum Gasteiger partial charge on any atom is -0.485 e. The van der Waals surface area contributed by atoms with Crippen molar-refractivity contribution in [1.29, 1.82) is 0 Å². The molecule has 18 heavy (non-hydrogen) atoms. The molecular weight excluding hydrogens is 363 g/mol. The van der Waals surface area contributed by atoms with Gasteiger partial charge in [-0.25, -0.2) is 0 Å². The van der Waals surface area contributed by atoms with Crippen molar-refractivity contribution in [3.05, 3.63) is 62.7 Å². The van der Waals surface area contributed by atoms with Crippen molar-refractivity contribution in [3.63, 3.8) is 0 Å². The van der Waals surface area contributed by atoms with Gasteiger partial charge in [-0.2, -0.15) is 0 Å². The van der Waals surface area contributed by atoms with Gasteiger partial charge in [0.25, 0.3) is 0 Å². The van der Waals surface area contributed by atoms with Crippen LogP contribution in [0.15, 0.2) is 48.5 Å². The highest BCUT2D eigenvalue weighted by atomic mass is 127. The molecule has 2 aromatic rings. The lowest BCUT2D eigenvalue weighted by molar-refractivity contribution is 0.0921. The van der Waals surface area contributed by atoms with E-state index in [1.807, 2.05) is 24.3 Å². The van der Waals surface area contributed by atoms with E-state index in [9.17, 15) is 4.79 Å². The van der Waals surface area contributed by atoms with Crippen molar-refractivity contribution in [2.75, 3.05) is 6.61 Å². The minimum absolute atomic E-state index is 0.0143. The van der Waals surface area contributed by atoms with Gasteiger partial charge in [0, 0.05) is 14.2 Å². The Morgan fingerprint density at radius 1 is 1.17 bits per heavy atom. The first-order valence-corrected chi connectivity index (χ1v) is 6.78. The number of rotatable bonds is 4. The largest absolute Gasteiger partial charge is 0.485 e. The maximum Gasteiger partial charge on any atom is 0.200 e. The molecule has 2 nitrogen and oxygen atoms in total. The fraction of sp³-hybridized carbons (Fsp3) is 0.0714. The maximum absolute atomic E-state index is 11.9. The third kappa shape index (κ3) is 3.71. The molecule has 0 radical (unpaired) electrons. The van der Waals surface area contributed by atoms with E-state index in [2.05, 4.69) is 22.6 Å². The SMILES string of the molecule is O=C(COc1cccc(I)c1)c1cccc(Cl)c1. The number of halogens is 2. The number of ketones is 1. The van der Waals surface area contributed by atoms with Gasteiger partial charge in [-0.3, -0.25) is 4.79 Å². The second kappa shape index (κ2) is 6.20. The standard InChI is InChI=1S/C14H10ClIO2/c15-11-4-1-3-10(7-11)14(17)9-18-13-6-2-5-12(16)8-13/h1-8H,9H2. The molecule has 92 valence electrons. The first-order valence-electron chi connectivity index (χ1n) is 5.32. The van der Waals surface area contributed by atoms with Crippen LogP contribution in [0.4, 0.5) is 0 Å². The van der Waals surface area contributed by atoms with E-state index < -0.39 is 0 Å². The maximum atomic E-state index is 11.9.